The van der Waals surface area contributed by atoms with E-state index in [1.807, 2.05) is 54.8 Å². The van der Waals surface area contributed by atoms with Gasteiger partial charge in [-0.25, -0.2) is 0 Å². The number of halogens is 1. The van der Waals surface area contributed by atoms with Gasteiger partial charge >= 0.3 is 0 Å². The predicted octanol–water partition coefficient (Wildman–Crippen LogP) is 7.32. The van der Waals surface area contributed by atoms with Gasteiger partial charge in [0, 0.05) is 22.0 Å². The van der Waals surface area contributed by atoms with Crippen LogP contribution >= 0.6 is 23.4 Å². The third kappa shape index (κ3) is 6.53. The molecule has 0 fully saturated rings. The van der Waals surface area contributed by atoms with Crippen LogP contribution in [0.25, 0.3) is 17.1 Å². The maximum atomic E-state index is 12.8. The fourth-order valence-corrected chi connectivity index (χ4v) is 4.82. The first-order chi connectivity index (χ1) is 17.7. The van der Waals surface area contributed by atoms with Gasteiger partial charge in [-0.15, -0.1) is 10.2 Å². The van der Waals surface area contributed by atoms with Crippen LogP contribution in [-0.4, -0.2) is 33.0 Å². The standard InChI is InChI=1S/C29H31ClN4O2S/c1-6-36-24-14-12-23(13-15-24)34-27(20-7-9-21(10-8-20)29(3,4)5)32-33-28(34)37-18-26(35)31-25-16-11-22(30)17-19(25)2/h7-17H,6,18H2,1-5H3,(H,31,35). The molecule has 0 atom stereocenters. The number of aryl methyl sites for hydroxylation is 1. The third-order valence-corrected chi connectivity index (χ3v) is 7.01. The second-order valence-electron chi connectivity index (χ2n) is 9.69. The normalized spacial score (nSPS) is 11.4. The van der Waals surface area contributed by atoms with Crippen molar-refractivity contribution in [1.82, 2.24) is 14.8 Å². The van der Waals surface area contributed by atoms with E-state index < -0.39 is 0 Å². The van der Waals surface area contributed by atoms with Gasteiger partial charge < -0.3 is 10.1 Å². The number of carbonyl (C=O) groups is 1. The Hall–Kier alpha value is -3.29. The Morgan fingerprint density at radius 1 is 1.03 bits per heavy atom. The predicted molar refractivity (Wildman–Crippen MR) is 152 cm³/mol. The number of anilines is 1. The zero-order valence-corrected chi connectivity index (χ0v) is 23.3. The molecule has 0 unspecified atom stereocenters. The van der Waals surface area contributed by atoms with Crippen molar-refractivity contribution in [2.75, 3.05) is 17.7 Å². The van der Waals surface area contributed by atoms with E-state index in [0.717, 1.165) is 28.3 Å². The Balaban J connectivity index is 1.62. The van der Waals surface area contributed by atoms with E-state index in [-0.39, 0.29) is 17.1 Å². The first-order valence-corrected chi connectivity index (χ1v) is 13.5. The molecule has 0 aliphatic rings. The molecule has 0 aliphatic carbocycles. The maximum absolute atomic E-state index is 12.8. The number of nitrogens with one attached hydrogen (secondary N) is 1. The van der Waals surface area contributed by atoms with Gasteiger partial charge in [0.05, 0.1) is 12.4 Å². The fraction of sp³-hybridized carbons (Fsp3) is 0.276. The third-order valence-electron chi connectivity index (χ3n) is 5.84. The molecule has 0 saturated heterocycles. The number of ether oxygens (including phenoxy) is 1. The van der Waals surface area contributed by atoms with E-state index in [1.165, 1.54) is 17.3 Å². The molecule has 0 spiro atoms. The zero-order chi connectivity index (χ0) is 26.6. The van der Waals surface area contributed by atoms with Crippen LogP contribution in [0.15, 0.2) is 71.9 Å². The molecular formula is C29H31ClN4O2S. The average molecular weight is 535 g/mol. The van der Waals surface area contributed by atoms with Crippen LogP contribution in [-0.2, 0) is 10.2 Å². The molecule has 37 heavy (non-hydrogen) atoms. The summed E-state index contributed by atoms with van der Waals surface area (Å²) in [6.07, 6.45) is 0. The Morgan fingerprint density at radius 2 is 1.73 bits per heavy atom. The van der Waals surface area contributed by atoms with Crippen molar-refractivity contribution >= 4 is 35.0 Å². The van der Waals surface area contributed by atoms with Crippen molar-refractivity contribution in [3.63, 3.8) is 0 Å². The molecule has 0 saturated carbocycles. The first-order valence-electron chi connectivity index (χ1n) is 12.1. The lowest BCUT2D eigenvalue weighted by Crippen LogP contribution is -2.15. The van der Waals surface area contributed by atoms with E-state index in [1.54, 1.807) is 6.07 Å². The van der Waals surface area contributed by atoms with E-state index in [9.17, 15) is 4.79 Å². The first kappa shape index (κ1) is 26.8. The summed E-state index contributed by atoms with van der Waals surface area (Å²) in [4.78, 5) is 12.8. The van der Waals surface area contributed by atoms with Gasteiger partial charge in [0.25, 0.3) is 0 Å². The molecule has 1 aromatic heterocycles. The summed E-state index contributed by atoms with van der Waals surface area (Å²) in [6.45, 7) is 11.0. The number of hydrogen-bond donors (Lipinski definition) is 1. The molecule has 0 radical (unpaired) electrons. The van der Waals surface area contributed by atoms with Gasteiger partial charge in [-0.3, -0.25) is 9.36 Å². The molecule has 4 rings (SSSR count). The van der Waals surface area contributed by atoms with E-state index in [0.29, 0.717) is 22.6 Å². The number of nitrogens with zero attached hydrogens (tertiary/aromatic N) is 3. The lowest BCUT2D eigenvalue weighted by atomic mass is 9.87. The Kier molecular flexibility index (Phi) is 8.25. The summed E-state index contributed by atoms with van der Waals surface area (Å²) in [5.74, 6) is 1.55. The molecule has 6 nitrogen and oxygen atoms in total. The molecule has 4 aromatic rings. The van der Waals surface area contributed by atoms with E-state index in [4.69, 9.17) is 16.3 Å². The smallest absolute Gasteiger partial charge is 0.234 e. The fourth-order valence-electron chi connectivity index (χ4n) is 3.84. The highest BCUT2D eigenvalue weighted by atomic mass is 35.5. The Bertz CT molecular complexity index is 1380. The van der Waals surface area contributed by atoms with Crippen molar-refractivity contribution in [2.24, 2.45) is 0 Å². The molecule has 3 aromatic carbocycles. The summed E-state index contributed by atoms with van der Waals surface area (Å²) in [5.41, 5.74) is 4.78. The average Bonchev–Trinajstić information content (AvgIpc) is 3.29. The van der Waals surface area contributed by atoms with Crippen molar-refractivity contribution in [3.8, 4) is 22.8 Å². The lowest BCUT2D eigenvalue weighted by molar-refractivity contribution is -0.113. The number of hydrogen-bond acceptors (Lipinski definition) is 5. The highest BCUT2D eigenvalue weighted by molar-refractivity contribution is 7.99. The van der Waals surface area contributed by atoms with Crippen LogP contribution < -0.4 is 10.1 Å². The molecule has 1 amide bonds. The molecule has 1 heterocycles. The summed E-state index contributed by atoms with van der Waals surface area (Å²) in [6, 6.07) is 21.6. The van der Waals surface area contributed by atoms with Crippen molar-refractivity contribution in [2.45, 2.75) is 45.2 Å². The van der Waals surface area contributed by atoms with E-state index in [2.05, 4.69) is 60.6 Å². The topological polar surface area (TPSA) is 69.0 Å². The van der Waals surface area contributed by atoms with Gasteiger partial charge in [0.1, 0.15) is 5.75 Å². The second kappa shape index (κ2) is 11.4. The minimum absolute atomic E-state index is 0.0537. The van der Waals surface area contributed by atoms with Crippen LogP contribution in [0.5, 0.6) is 5.75 Å². The van der Waals surface area contributed by atoms with Crippen molar-refractivity contribution in [3.05, 3.63) is 82.9 Å². The molecular weight excluding hydrogens is 504 g/mol. The van der Waals surface area contributed by atoms with Gasteiger partial charge in [-0.1, -0.05) is 68.4 Å². The van der Waals surface area contributed by atoms with Crippen molar-refractivity contribution < 1.29 is 9.53 Å². The molecule has 0 bridgehead atoms. The number of aromatic nitrogens is 3. The highest BCUT2D eigenvalue weighted by Gasteiger charge is 2.19. The monoisotopic (exact) mass is 534 g/mol. The molecule has 192 valence electrons. The summed E-state index contributed by atoms with van der Waals surface area (Å²) < 4.78 is 7.59. The Morgan fingerprint density at radius 3 is 2.35 bits per heavy atom. The Labute approximate surface area is 227 Å². The number of rotatable bonds is 8. The SMILES string of the molecule is CCOc1ccc(-n2c(SCC(=O)Nc3ccc(Cl)cc3C)nnc2-c2ccc(C(C)(C)C)cc2)cc1. The molecule has 1 N–H and O–H groups in total. The number of carbonyl (C=O) groups excluding carboxylic acids is 1. The van der Waals surface area contributed by atoms with Crippen LogP contribution in [0.4, 0.5) is 5.69 Å². The number of thioether (sulfide) groups is 1. The minimum Gasteiger partial charge on any atom is -0.494 e. The molecule has 8 heteroatoms. The highest BCUT2D eigenvalue weighted by Crippen LogP contribution is 2.31. The number of amides is 1. The summed E-state index contributed by atoms with van der Waals surface area (Å²) in [5, 5.41) is 13.2. The van der Waals surface area contributed by atoms with Gasteiger partial charge in [-0.2, -0.15) is 0 Å². The maximum Gasteiger partial charge on any atom is 0.234 e. The van der Waals surface area contributed by atoms with Crippen molar-refractivity contribution in [1.29, 1.82) is 0 Å². The van der Waals surface area contributed by atoms with Crippen LogP contribution in [0.1, 0.15) is 38.8 Å². The van der Waals surface area contributed by atoms with Crippen LogP contribution in [0, 0.1) is 6.92 Å². The molecule has 0 aliphatic heterocycles. The number of benzene rings is 3. The zero-order valence-electron chi connectivity index (χ0n) is 21.7. The summed E-state index contributed by atoms with van der Waals surface area (Å²) >= 11 is 7.37. The largest absolute Gasteiger partial charge is 0.494 e. The minimum atomic E-state index is -0.132. The lowest BCUT2D eigenvalue weighted by Gasteiger charge is -2.19. The van der Waals surface area contributed by atoms with Crippen LogP contribution in [0.3, 0.4) is 0 Å². The van der Waals surface area contributed by atoms with E-state index >= 15 is 0 Å². The van der Waals surface area contributed by atoms with Crippen LogP contribution in [0.2, 0.25) is 5.02 Å². The summed E-state index contributed by atoms with van der Waals surface area (Å²) in [7, 11) is 0. The van der Waals surface area contributed by atoms with Gasteiger partial charge in [0.2, 0.25) is 5.91 Å². The van der Waals surface area contributed by atoms with Gasteiger partial charge in [0.15, 0.2) is 11.0 Å². The van der Waals surface area contributed by atoms with Gasteiger partial charge in [-0.05, 0) is 72.9 Å². The second-order valence-corrected chi connectivity index (χ2v) is 11.1. The quantitative estimate of drug-likeness (QED) is 0.240.